The number of ether oxygens (including phenoxy) is 1. The first kappa shape index (κ1) is 24.2. The molecular formula is C27H32FN5O3. The number of amides is 2. The van der Waals surface area contributed by atoms with E-state index in [1.165, 1.54) is 0 Å². The highest BCUT2D eigenvalue weighted by molar-refractivity contribution is 5.97. The number of rotatable bonds is 2. The lowest BCUT2D eigenvalue weighted by molar-refractivity contribution is 0.0144. The van der Waals surface area contributed by atoms with Gasteiger partial charge in [0.2, 0.25) is 0 Å². The summed E-state index contributed by atoms with van der Waals surface area (Å²) in [6, 6.07) is 5.22. The Bertz CT molecular complexity index is 1350. The van der Waals surface area contributed by atoms with E-state index >= 15 is 4.39 Å². The van der Waals surface area contributed by atoms with Gasteiger partial charge in [-0.3, -0.25) is 4.79 Å². The molecule has 1 aromatic carbocycles. The Morgan fingerprint density at radius 3 is 2.50 bits per heavy atom. The number of halogens is 1. The number of likely N-dealkylation sites (tertiary alicyclic amines) is 1. The average molecular weight is 494 g/mol. The van der Waals surface area contributed by atoms with Crippen molar-refractivity contribution in [2.24, 2.45) is 0 Å². The first-order chi connectivity index (χ1) is 17.0. The molecule has 2 aromatic heterocycles. The van der Waals surface area contributed by atoms with Crippen LogP contribution in [0.3, 0.4) is 0 Å². The molecule has 0 bridgehead atoms. The minimum atomic E-state index is -0.541. The lowest BCUT2D eigenvalue weighted by Gasteiger charge is -2.40. The summed E-state index contributed by atoms with van der Waals surface area (Å²) in [6.07, 6.45) is 3.29. The van der Waals surface area contributed by atoms with Crippen molar-refractivity contribution < 1.29 is 18.7 Å². The van der Waals surface area contributed by atoms with Crippen molar-refractivity contribution in [3.63, 3.8) is 0 Å². The molecule has 0 atom stereocenters. The second-order valence-electron chi connectivity index (χ2n) is 10.8. The van der Waals surface area contributed by atoms with E-state index in [1.807, 2.05) is 51.8 Å². The Morgan fingerprint density at radius 1 is 1.11 bits per heavy atom. The fourth-order valence-corrected chi connectivity index (χ4v) is 5.16. The quantitative estimate of drug-likeness (QED) is 0.523. The predicted octanol–water partition coefficient (Wildman–Crippen LogP) is 4.55. The van der Waals surface area contributed by atoms with Gasteiger partial charge in [-0.2, -0.15) is 5.10 Å². The van der Waals surface area contributed by atoms with Crippen LogP contribution in [0.5, 0.6) is 0 Å². The molecule has 2 aliphatic rings. The predicted molar refractivity (Wildman–Crippen MR) is 133 cm³/mol. The van der Waals surface area contributed by atoms with E-state index in [0.29, 0.717) is 61.3 Å². The van der Waals surface area contributed by atoms with Gasteiger partial charge in [-0.05, 0) is 77.6 Å². The monoisotopic (exact) mass is 493 g/mol. The summed E-state index contributed by atoms with van der Waals surface area (Å²) in [6.45, 7) is 10.9. The first-order valence-corrected chi connectivity index (χ1v) is 12.5. The van der Waals surface area contributed by atoms with E-state index in [9.17, 15) is 9.59 Å². The molecule has 0 unspecified atom stereocenters. The van der Waals surface area contributed by atoms with E-state index in [4.69, 9.17) is 4.74 Å². The molecular weight excluding hydrogens is 461 g/mol. The summed E-state index contributed by atoms with van der Waals surface area (Å²) >= 11 is 0. The van der Waals surface area contributed by atoms with Crippen LogP contribution in [0.25, 0.3) is 16.9 Å². The number of piperidine rings is 1. The van der Waals surface area contributed by atoms with Crippen LogP contribution in [-0.4, -0.2) is 67.7 Å². The largest absolute Gasteiger partial charge is 0.444 e. The zero-order valence-corrected chi connectivity index (χ0v) is 21.5. The number of benzene rings is 1. The minimum absolute atomic E-state index is 0.0169. The molecule has 0 saturated carbocycles. The molecule has 190 valence electrons. The van der Waals surface area contributed by atoms with E-state index in [2.05, 4.69) is 10.1 Å². The maximum absolute atomic E-state index is 15.7. The third-order valence-corrected chi connectivity index (χ3v) is 6.90. The number of carbonyl (C=O) groups is 2. The van der Waals surface area contributed by atoms with Crippen LogP contribution in [0.15, 0.2) is 24.4 Å². The fraction of sp³-hybridized carbons (Fsp3) is 0.481. The van der Waals surface area contributed by atoms with Gasteiger partial charge in [-0.15, -0.1) is 0 Å². The second kappa shape index (κ2) is 8.87. The van der Waals surface area contributed by atoms with Crippen LogP contribution in [-0.2, 0) is 11.2 Å². The number of nitrogens with zero attached hydrogens (tertiary/aromatic N) is 5. The maximum Gasteiger partial charge on any atom is 0.410 e. The molecule has 36 heavy (non-hydrogen) atoms. The average Bonchev–Trinajstić information content (AvgIpc) is 3.20. The zero-order chi connectivity index (χ0) is 25.8. The van der Waals surface area contributed by atoms with Crippen molar-refractivity contribution in [3.05, 3.63) is 52.6 Å². The van der Waals surface area contributed by atoms with Crippen LogP contribution in [0, 0.1) is 19.7 Å². The Labute approximate surface area is 210 Å². The van der Waals surface area contributed by atoms with E-state index in [1.54, 1.807) is 21.5 Å². The highest BCUT2D eigenvalue weighted by Crippen LogP contribution is 2.32. The molecule has 4 heterocycles. The molecule has 0 aliphatic carbocycles. The number of fused-ring (bicyclic) bond motifs is 2. The van der Waals surface area contributed by atoms with Crippen LogP contribution >= 0.6 is 0 Å². The number of hydrogen-bond donors (Lipinski definition) is 0. The second-order valence-corrected chi connectivity index (χ2v) is 10.8. The standard InChI is InChI=1S/C27H32FN5O3/c1-16-14-22(30-33-15-17(2)29-24(16)33)21-7-6-20-19(23(21)28)10-13-32(25(20)34)18-8-11-31(12-9-18)26(35)36-27(3,4)5/h6-7,14-15,18H,8-13H2,1-5H3. The number of aromatic nitrogens is 3. The molecule has 1 fully saturated rings. The Hall–Kier alpha value is -3.49. The Kier molecular flexibility index (Phi) is 5.97. The summed E-state index contributed by atoms with van der Waals surface area (Å²) in [5.41, 5.74) is 3.72. The lowest BCUT2D eigenvalue weighted by atomic mass is 9.92. The third-order valence-electron chi connectivity index (χ3n) is 6.90. The van der Waals surface area contributed by atoms with Gasteiger partial charge in [-0.25, -0.2) is 18.7 Å². The van der Waals surface area contributed by atoms with E-state index in [-0.39, 0.29) is 23.9 Å². The highest BCUT2D eigenvalue weighted by atomic mass is 19.1. The van der Waals surface area contributed by atoms with Crippen molar-refractivity contribution in [1.29, 1.82) is 0 Å². The molecule has 5 rings (SSSR count). The van der Waals surface area contributed by atoms with Crippen LogP contribution in [0.4, 0.5) is 9.18 Å². The van der Waals surface area contributed by atoms with Crippen LogP contribution in [0.1, 0.15) is 60.8 Å². The minimum Gasteiger partial charge on any atom is -0.444 e. The third kappa shape index (κ3) is 4.42. The number of aryl methyl sites for hydroxylation is 2. The van der Waals surface area contributed by atoms with Crippen molar-refractivity contribution >= 4 is 17.6 Å². The maximum atomic E-state index is 15.7. The molecule has 8 nitrogen and oxygen atoms in total. The van der Waals surface area contributed by atoms with Gasteiger partial charge >= 0.3 is 6.09 Å². The summed E-state index contributed by atoms with van der Waals surface area (Å²) in [5, 5.41) is 4.56. The molecule has 1 saturated heterocycles. The summed E-state index contributed by atoms with van der Waals surface area (Å²) in [5.74, 6) is -0.537. The van der Waals surface area contributed by atoms with Crippen LogP contribution in [0.2, 0.25) is 0 Å². The normalized spacial score (nSPS) is 17.0. The molecule has 0 radical (unpaired) electrons. The Morgan fingerprint density at radius 2 is 1.81 bits per heavy atom. The van der Waals surface area contributed by atoms with Gasteiger partial charge in [0.25, 0.3) is 5.91 Å². The number of imidazole rings is 1. The molecule has 9 heteroatoms. The van der Waals surface area contributed by atoms with Crippen molar-refractivity contribution in [2.45, 2.75) is 65.5 Å². The summed E-state index contributed by atoms with van der Waals surface area (Å²) in [7, 11) is 0. The van der Waals surface area contributed by atoms with Gasteiger partial charge in [0.1, 0.15) is 11.4 Å². The van der Waals surface area contributed by atoms with Crippen molar-refractivity contribution in [1.82, 2.24) is 24.4 Å². The molecule has 0 N–H and O–H groups in total. The molecule has 2 amide bonds. The fourth-order valence-electron chi connectivity index (χ4n) is 5.16. The van der Waals surface area contributed by atoms with E-state index in [0.717, 1.165) is 16.9 Å². The topological polar surface area (TPSA) is 80.0 Å². The molecule has 3 aromatic rings. The van der Waals surface area contributed by atoms with Crippen molar-refractivity contribution in [2.75, 3.05) is 19.6 Å². The summed E-state index contributed by atoms with van der Waals surface area (Å²) < 4.78 is 22.9. The number of hydrogen-bond acceptors (Lipinski definition) is 5. The molecule has 0 spiro atoms. The van der Waals surface area contributed by atoms with Gasteiger partial charge in [-0.1, -0.05) is 0 Å². The zero-order valence-electron chi connectivity index (χ0n) is 21.5. The lowest BCUT2D eigenvalue weighted by Crippen LogP contribution is -2.51. The Balaban J connectivity index is 1.34. The van der Waals surface area contributed by atoms with Gasteiger partial charge in [0, 0.05) is 42.4 Å². The van der Waals surface area contributed by atoms with Crippen molar-refractivity contribution in [3.8, 4) is 11.3 Å². The van der Waals surface area contributed by atoms with Crippen LogP contribution < -0.4 is 0 Å². The van der Waals surface area contributed by atoms with Gasteiger partial charge in [0.15, 0.2) is 5.65 Å². The first-order valence-electron chi connectivity index (χ1n) is 12.5. The molecule has 2 aliphatic heterocycles. The number of carbonyl (C=O) groups excluding carboxylic acids is 2. The van der Waals surface area contributed by atoms with Gasteiger partial charge < -0.3 is 14.5 Å². The van der Waals surface area contributed by atoms with E-state index < -0.39 is 5.60 Å². The van der Waals surface area contributed by atoms with Gasteiger partial charge in [0.05, 0.1) is 17.6 Å². The smallest absolute Gasteiger partial charge is 0.410 e. The SMILES string of the molecule is Cc1cn2nc(-c3ccc4c(c3F)CCN(C3CCN(C(=O)OC(C)(C)C)CC3)C4=O)cc(C)c2n1. The summed E-state index contributed by atoms with van der Waals surface area (Å²) in [4.78, 5) is 33.8. The highest BCUT2D eigenvalue weighted by Gasteiger charge is 2.35.